The van der Waals surface area contributed by atoms with Crippen molar-refractivity contribution in [2.45, 2.75) is 37.4 Å². The lowest BCUT2D eigenvalue weighted by molar-refractivity contribution is 0.0590. The number of nitrogens with zero attached hydrogens (tertiary/aromatic N) is 2. The monoisotopic (exact) mass is 320 g/mol. The molecule has 0 aliphatic heterocycles. The molecular formula is C12H20N2O4S2. The van der Waals surface area contributed by atoms with E-state index in [4.69, 9.17) is 0 Å². The van der Waals surface area contributed by atoms with Crippen LogP contribution in [0.15, 0.2) is 9.72 Å². The second-order valence-corrected chi connectivity index (χ2v) is 8.03. The molecule has 1 rings (SSSR count). The highest BCUT2D eigenvalue weighted by Gasteiger charge is 2.32. The summed E-state index contributed by atoms with van der Waals surface area (Å²) in [6, 6.07) is -0.160. The molecule has 0 fully saturated rings. The number of hydrogen-bond donors (Lipinski definition) is 0. The molecule has 20 heavy (non-hydrogen) atoms. The number of ether oxygens (including phenoxy) is 1. The minimum Gasteiger partial charge on any atom is -0.464 e. The van der Waals surface area contributed by atoms with Crippen LogP contribution in [0.25, 0.3) is 0 Å². The van der Waals surface area contributed by atoms with Crippen LogP contribution in [0.3, 0.4) is 0 Å². The molecule has 0 amide bonds. The normalized spacial score (nSPS) is 13.8. The molecule has 0 bridgehead atoms. The molecule has 0 aliphatic rings. The van der Waals surface area contributed by atoms with E-state index in [1.807, 2.05) is 20.8 Å². The Kier molecular flexibility index (Phi) is 5.67. The lowest BCUT2D eigenvalue weighted by Gasteiger charge is -2.25. The average molecular weight is 320 g/mol. The van der Waals surface area contributed by atoms with Gasteiger partial charge in [-0.1, -0.05) is 13.8 Å². The van der Waals surface area contributed by atoms with E-state index >= 15 is 0 Å². The minimum atomic E-state index is -3.74. The minimum absolute atomic E-state index is 0.0672. The van der Waals surface area contributed by atoms with Crippen LogP contribution in [0.2, 0.25) is 0 Å². The van der Waals surface area contributed by atoms with Crippen molar-refractivity contribution in [1.29, 1.82) is 0 Å². The summed E-state index contributed by atoms with van der Waals surface area (Å²) in [6.07, 6.45) is 0.738. The molecule has 0 spiro atoms. The molecule has 1 aromatic rings. The number of rotatable bonds is 6. The molecule has 0 saturated carbocycles. The van der Waals surface area contributed by atoms with E-state index in [1.54, 1.807) is 0 Å². The Morgan fingerprint density at radius 3 is 2.55 bits per heavy atom. The Balaban J connectivity index is 3.11. The molecule has 1 heterocycles. The zero-order chi connectivity index (χ0) is 15.5. The maximum Gasteiger partial charge on any atom is 0.358 e. The molecule has 1 unspecified atom stereocenters. The van der Waals surface area contributed by atoms with Gasteiger partial charge in [0.05, 0.1) is 12.6 Å². The Morgan fingerprint density at radius 2 is 2.05 bits per heavy atom. The number of thiazole rings is 1. The van der Waals surface area contributed by atoms with E-state index in [-0.39, 0.29) is 15.9 Å². The fourth-order valence-corrected chi connectivity index (χ4v) is 4.52. The predicted molar refractivity (Wildman–Crippen MR) is 77.3 cm³/mol. The molecule has 8 heteroatoms. The zero-order valence-electron chi connectivity index (χ0n) is 12.3. The second-order valence-electron chi connectivity index (χ2n) is 4.98. The number of carbonyl (C=O) groups excluding carboxylic acids is 1. The van der Waals surface area contributed by atoms with E-state index in [9.17, 15) is 13.2 Å². The number of hydrogen-bond acceptors (Lipinski definition) is 6. The van der Waals surface area contributed by atoms with Crippen molar-refractivity contribution >= 4 is 27.3 Å². The summed E-state index contributed by atoms with van der Waals surface area (Å²) >= 11 is 0.923. The summed E-state index contributed by atoms with van der Waals surface area (Å²) < 4.78 is 30.9. The number of esters is 1. The van der Waals surface area contributed by atoms with Crippen LogP contribution in [-0.4, -0.2) is 43.9 Å². The average Bonchev–Trinajstić information content (AvgIpc) is 2.85. The third-order valence-electron chi connectivity index (χ3n) is 2.96. The fraction of sp³-hybridized carbons (Fsp3) is 0.667. The lowest BCUT2D eigenvalue weighted by atomic mass is 10.1. The molecule has 0 radical (unpaired) electrons. The fourth-order valence-electron chi connectivity index (χ4n) is 1.85. The molecule has 0 saturated heterocycles. The van der Waals surface area contributed by atoms with Gasteiger partial charge in [-0.15, -0.1) is 11.3 Å². The Bertz CT molecular complexity index is 566. The predicted octanol–water partition coefficient (Wildman–Crippen LogP) is 1.98. The zero-order valence-corrected chi connectivity index (χ0v) is 13.9. The van der Waals surface area contributed by atoms with Crippen LogP contribution in [-0.2, 0) is 14.8 Å². The van der Waals surface area contributed by atoms with Crippen LogP contribution >= 0.6 is 11.3 Å². The summed E-state index contributed by atoms with van der Waals surface area (Å²) in [7, 11) is -1.02. The van der Waals surface area contributed by atoms with E-state index in [0.29, 0.717) is 5.92 Å². The van der Waals surface area contributed by atoms with Crippen LogP contribution in [0.4, 0.5) is 0 Å². The highest BCUT2D eigenvalue weighted by Crippen LogP contribution is 2.26. The molecule has 1 atom stereocenters. The summed E-state index contributed by atoms with van der Waals surface area (Å²) in [5.74, 6) is -0.362. The van der Waals surface area contributed by atoms with Gasteiger partial charge in [-0.25, -0.2) is 18.2 Å². The third-order valence-corrected chi connectivity index (χ3v) is 6.28. The molecular weight excluding hydrogens is 300 g/mol. The lowest BCUT2D eigenvalue weighted by Crippen LogP contribution is -2.36. The first-order valence-corrected chi connectivity index (χ1v) is 8.53. The van der Waals surface area contributed by atoms with Crippen molar-refractivity contribution < 1.29 is 17.9 Å². The SMILES string of the molecule is COC(=O)c1ncsc1S(=O)(=O)N(C)C(C)CC(C)C. The van der Waals surface area contributed by atoms with Crippen molar-refractivity contribution in [2.75, 3.05) is 14.2 Å². The summed E-state index contributed by atoms with van der Waals surface area (Å²) in [5.41, 5.74) is 1.18. The Morgan fingerprint density at radius 1 is 1.45 bits per heavy atom. The Labute approximate surface area is 123 Å². The highest BCUT2D eigenvalue weighted by molar-refractivity contribution is 7.91. The van der Waals surface area contributed by atoms with Crippen LogP contribution in [0.1, 0.15) is 37.7 Å². The quantitative estimate of drug-likeness (QED) is 0.749. The van der Waals surface area contributed by atoms with Crippen molar-refractivity contribution in [3.63, 3.8) is 0 Å². The number of methoxy groups -OCH3 is 1. The largest absolute Gasteiger partial charge is 0.464 e. The summed E-state index contributed by atoms with van der Waals surface area (Å²) in [6.45, 7) is 5.91. The van der Waals surface area contributed by atoms with Crippen LogP contribution < -0.4 is 0 Å². The molecule has 114 valence electrons. The smallest absolute Gasteiger partial charge is 0.358 e. The topological polar surface area (TPSA) is 76.6 Å². The van der Waals surface area contributed by atoms with Crippen molar-refractivity contribution in [3.05, 3.63) is 11.2 Å². The highest BCUT2D eigenvalue weighted by atomic mass is 32.2. The molecule has 0 N–H and O–H groups in total. The van der Waals surface area contributed by atoms with Gasteiger partial charge in [0.15, 0.2) is 9.90 Å². The van der Waals surface area contributed by atoms with Gasteiger partial charge in [-0.3, -0.25) is 0 Å². The first-order valence-electron chi connectivity index (χ1n) is 6.21. The van der Waals surface area contributed by atoms with Crippen molar-refractivity contribution in [1.82, 2.24) is 9.29 Å². The number of sulfonamides is 1. The van der Waals surface area contributed by atoms with Crippen LogP contribution in [0.5, 0.6) is 0 Å². The summed E-state index contributed by atoms with van der Waals surface area (Å²) in [4.78, 5) is 15.3. The summed E-state index contributed by atoms with van der Waals surface area (Å²) in [5, 5.41) is 0. The van der Waals surface area contributed by atoms with E-state index < -0.39 is 16.0 Å². The first-order chi connectivity index (χ1) is 9.21. The number of carbonyl (C=O) groups is 1. The van der Waals surface area contributed by atoms with Gasteiger partial charge in [0.1, 0.15) is 0 Å². The van der Waals surface area contributed by atoms with Crippen molar-refractivity contribution in [2.24, 2.45) is 5.92 Å². The van der Waals surface area contributed by atoms with Gasteiger partial charge in [-0.05, 0) is 19.3 Å². The standard InChI is InChI=1S/C12H20N2O4S2/c1-8(2)6-9(3)14(4)20(16,17)12-10(11(15)18-5)13-7-19-12/h7-9H,6H2,1-5H3. The van der Waals surface area contributed by atoms with Crippen molar-refractivity contribution in [3.8, 4) is 0 Å². The van der Waals surface area contributed by atoms with Gasteiger partial charge in [0.25, 0.3) is 10.0 Å². The van der Waals surface area contributed by atoms with Gasteiger partial charge in [0.2, 0.25) is 0 Å². The van der Waals surface area contributed by atoms with E-state index in [2.05, 4.69) is 9.72 Å². The van der Waals surface area contributed by atoms with E-state index in [1.165, 1.54) is 24.0 Å². The van der Waals surface area contributed by atoms with Crippen LogP contribution in [0, 0.1) is 5.92 Å². The Hall–Kier alpha value is -0.990. The maximum absolute atomic E-state index is 12.5. The molecule has 6 nitrogen and oxygen atoms in total. The number of aromatic nitrogens is 1. The molecule has 0 aromatic carbocycles. The van der Waals surface area contributed by atoms with E-state index in [0.717, 1.165) is 17.8 Å². The van der Waals surface area contributed by atoms with Gasteiger partial charge in [0, 0.05) is 13.1 Å². The second kappa shape index (κ2) is 6.64. The van der Waals surface area contributed by atoms with Gasteiger partial charge >= 0.3 is 5.97 Å². The van der Waals surface area contributed by atoms with Gasteiger partial charge in [-0.2, -0.15) is 4.31 Å². The third kappa shape index (κ3) is 3.56. The molecule has 0 aliphatic carbocycles. The maximum atomic E-state index is 12.5. The first kappa shape index (κ1) is 17.1. The molecule has 1 aromatic heterocycles. The van der Waals surface area contributed by atoms with Gasteiger partial charge < -0.3 is 4.74 Å².